The highest BCUT2D eigenvalue weighted by Crippen LogP contribution is 2.48. The smallest absolute Gasteiger partial charge is 0.123 e. The van der Waals surface area contributed by atoms with Crippen molar-refractivity contribution in [3.05, 3.63) is 29.2 Å². The highest BCUT2D eigenvalue weighted by Gasteiger charge is 2.48. The van der Waals surface area contributed by atoms with Crippen molar-refractivity contribution < 1.29 is 14.3 Å². The summed E-state index contributed by atoms with van der Waals surface area (Å²) in [6.45, 7) is 19.8. The van der Waals surface area contributed by atoms with Crippen LogP contribution in [0.5, 0.6) is 0 Å². The van der Waals surface area contributed by atoms with Crippen molar-refractivity contribution in [1.82, 2.24) is 0 Å². The molecule has 0 aromatic heterocycles. The summed E-state index contributed by atoms with van der Waals surface area (Å²) in [6, 6.07) is 0. The van der Waals surface area contributed by atoms with E-state index in [4.69, 9.17) is 9.47 Å². The average molecular weight is 339 g/mol. The maximum Gasteiger partial charge on any atom is 0.123 e. The summed E-state index contributed by atoms with van der Waals surface area (Å²) < 4.78 is 11.1. The second kappa shape index (κ2) is 9.92. The fourth-order valence-electron chi connectivity index (χ4n) is 3.99. The highest BCUT2D eigenvalue weighted by atomic mass is 28.3. The van der Waals surface area contributed by atoms with Gasteiger partial charge in [0.05, 0.1) is 26.1 Å². The molecular weight excluding hydrogens is 304 g/mol. The quantitative estimate of drug-likeness (QED) is 0.139. The first kappa shape index (κ1) is 21.9. The Hall–Kier alpha value is -1.09. The van der Waals surface area contributed by atoms with Gasteiger partial charge in [-0.05, 0) is 23.5 Å². The normalized spacial score (nSPS) is 13.2. The molecule has 4 heteroatoms. The molecule has 0 aromatic rings. The van der Waals surface area contributed by atoms with E-state index in [-0.39, 0.29) is 0 Å². The molecule has 132 valence electrons. The second-order valence-corrected chi connectivity index (χ2v) is 12.7. The molecule has 0 bridgehead atoms. The first-order chi connectivity index (χ1) is 10.7. The lowest BCUT2D eigenvalue weighted by atomic mass is 10.2. The van der Waals surface area contributed by atoms with Crippen molar-refractivity contribution in [3.63, 3.8) is 0 Å². The third-order valence-corrected chi connectivity index (χ3v) is 11.9. The van der Waals surface area contributed by atoms with Crippen molar-refractivity contribution in [3.8, 4) is 0 Å². The molecule has 0 heterocycles. The molecule has 0 aliphatic heterocycles. The van der Waals surface area contributed by atoms with Gasteiger partial charge in [0, 0.05) is 10.8 Å². The molecule has 0 N–H and O–H groups in total. The molecule has 0 saturated heterocycles. The predicted molar refractivity (Wildman–Crippen MR) is 101 cm³/mol. The number of carbonyl (C=O) groups excluding carboxylic acids is 1. The Balaban J connectivity index is 6.25. The fourth-order valence-corrected chi connectivity index (χ4v) is 10.7. The van der Waals surface area contributed by atoms with Crippen LogP contribution in [0.1, 0.15) is 48.5 Å². The minimum atomic E-state index is -2.11. The highest BCUT2D eigenvalue weighted by molar-refractivity contribution is 6.91. The molecule has 0 aromatic carbocycles. The van der Waals surface area contributed by atoms with Crippen molar-refractivity contribution in [2.24, 2.45) is 0 Å². The standard InChI is InChI=1S/C19H34O3Si/c1-10-11-22-13-18(17(8)21-9)19(12-20)23(14(2)3,15(4)5)16(6)7/h10,14-16H,1,11,13H2,2-9H3/b18-17+. The third-order valence-electron chi connectivity index (χ3n) is 4.92. The van der Waals surface area contributed by atoms with Crippen LogP contribution in [-0.4, -0.2) is 34.3 Å². The molecule has 0 saturated carbocycles. The van der Waals surface area contributed by atoms with Gasteiger partial charge >= 0.3 is 0 Å². The van der Waals surface area contributed by atoms with Gasteiger partial charge in [-0.2, -0.15) is 0 Å². The van der Waals surface area contributed by atoms with Crippen LogP contribution in [0.2, 0.25) is 16.6 Å². The minimum absolute atomic E-state index is 0.358. The SMILES string of the molecule is C=CCOC/C(C(=C=O)[Si](C(C)C)(C(C)C)C(C)C)=C(/C)OC. The van der Waals surface area contributed by atoms with Crippen LogP contribution in [0.15, 0.2) is 29.2 Å². The summed E-state index contributed by atoms with van der Waals surface area (Å²) in [4.78, 5) is 12.1. The van der Waals surface area contributed by atoms with Gasteiger partial charge in [-0.3, -0.25) is 0 Å². The first-order valence-corrected chi connectivity index (χ1v) is 10.6. The summed E-state index contributed by atoms with van der Waals surface area (Å²) in [5.41, 5.74) is 2.15. The maximum absolute atomic E-state index is 12.1. The Morgan fingerprint density at radius 3 is 1.91 bits per heavy atom. The van der Waals surface area contributed by atoms with Gasteiger partial charge in [0.15, 0.2) is 0 Å². The lowest BCUT2D eigenvalue weighted by Crippen LogP contribution is -2.48. The molecule has 0 aliphatic carbocycles. The van der Waals surface area contributed by atoms with Crippen LogP contribution in [0.25, 0.3) is 0 Å². The Bertz CT molecular complexity index is 447. The van der Waals surface area contributed by atoms with Gasteiger partial charge in [-0.15, -0.1) is 6.58 Å². The zero-order valence-electron chi connectivity index (χ0n) is 16.2. The molecule has 0 unspecified atom stereocenters. The van der Waals surface area contributed by atoms with Gasteiger partial charge in [-0.25, -0.2) is 4.79 Å². The van der Waals surface area contributed by atoms with Crippen LogP contribution in [0.3, 0.4) is 0 Å². The van der Waals surface area contributed by atoms with Crippen molar-refractivity contribution >= 4 is 14.0 Å². The van der Waals surface area contributed by atoms with Gasteiger partial charge in [0.2, 0.25) is 0 Å². The zero-order valence-corrected chi connectivity index (χ0v) is 17.2. The van der Waals surface area contributed by atoms with E-state index in [1.54, 1.807) is 13.2 Å². The molecule has 3 nitrogen and oxygen atoms in total. The topological polar surface area (TPSA) is 35.5 Å². The van der Waals surface area contributed by atoms with Crippen LogP contribution in [0, 0.1) is 0 Å². The van der Waals surface area contributed by atoms with E-state index in [0.717, 1.165) is 16.5 Å². The number of hydrogen-bond donors (Lipinski definition) is 0. The average Bonchev–Trinajstić information content (AvgIpc) is 2.47. The molecule has 0 aliphatic rings. The molecule has 0 fully saturated rings. The Morgan fingerprint density at radius 2 is 1.61 bits per heavy atom. The summed E-state index contributed by atoms with van der Waals surface area (Å²) in [7, 11) is -0.476. The molecule has 0 spiro atoms. The van der Waals surface area contributed by atoms with Gasteiger partial charge in [0.1, 0.15) is 14.0 Å². The van der Waals surface area contributed by atoms with E-state index in [2.05, 4.69) is 54.1 Å². The monoisotopic (exact) mass is 338 g/mol. The predicted octanol–water partition coefficient (Wildman–Crippen LogP) is 5.09. The van der Waals surface area contributed by atoms with E-state index < -0.39 is 8.07 Å². The molecule has 0 rings (SSSR count). The lowest BCUT2D eigenvalue weighted by Gasteiger charge is -2.44. The van der Waals surface area contributed by atoms with E-state index in [9.17, 15) is 4.79 Å². The summed E-state index contributed by atoms with van der Waals surface area (Å²) in [5, 5.41) is 0.820. The van der Waals surface area contributed by atoms with E-state index in [1.165, 1.54) is 0 Å². The van der Waals surface area contributed by atoms with Crippen LogP contribution in [0.4, 0.5) is 0 Å². The molecular formula is C19H34O3Si. The first-order valence-electron chi connectivity index (χ1n) is 8.39. The molecule has 23 heavy (non-hydrogen) atoms. The van der Waals surface area contributed by atoms with E-state index >= 15 is 0 Å². The molecule has 0 amide bonds. The number of rotatable bonds is 10. The fraction of sp³-hybridized carbons (Fsp3) is 0.684. The Kier molecular flexibility index (Phi) is 9.44. The van der Waals surface area contributed by atoms with E-state index in [0.29, 0.717) is 29.8 Å². The Labute approximate surface area is 143 Å². The van der Waals surface area contributed by atoms with Gasteiger partial charge in [-0.1, -0.05) is 47.6 Å². The summed E-state index contributed by atoms with van der Waals surface area (Å²) in [5.74, 6) is 3.06. The number of methoxy groups -OCH3 is 1. The summed E-state index contributed by atoms with van der Waals surface area (Å²) in [6.07, 6.45) is 1.71. The number of hydrogen-bond acceptors (Lipinski definition) is 3. The van der Waals surface area contributed by atoms with Crippen molar-refractivity contribution in [2.45, 2.75) is 65.1 Å². The molecule has 0 atom stereocenters. The minimum Gasteiger partial charge on any atom is -0.501 e. The Morgan fingerprint density at radius 1 is 1.13 bits per heavy atom. The summed E-state index contributed by atoms with van der Waals surface area (Å²) >= 11 is 0. The van der Waals surface area contributed by atoms with Gasteiger partial charge in [0.25, 0.3) is 0 Å². The molecule has 0 radical (unpaired) electrons. The third kappa shape index (κ3) is 4.69. The maximum atomic E-state index is 12.1. The number of ether oxygens (including phenoxy) is 2. The number of allylic oxidation sites excluding steroid dienone is 1. The van der Waals surface area contributed by atoms with Crippen molar-refractivity contribution in [1.29, 1.82) is 0 Å². The van der Waals surface area contributed by atoms with E-state index in [1.807, 2.05) is 6.92 Å². The van der Waals surface area contributed by atoms with Crippen molar-refractivity contribution in [2.75, 3.05) is 20.3 Å². The van der Waals surface area contributed by atoms with Crippen LogP contribution in [-0.2, 0) is 14.3 Å². The van der Waals surface area contributed by atoms with Gasteiger partial charge < -0.3 is 9.47 Å². The lowest BCUT2D eigenvalue weighted by molar-refractivity contribution is 0.181. The van der Waals surface area contributed by atoms with Crippen LogP contribution < -0.4 is 0 Å². The zero-order chi connectivity index (χ0) is 18.2. The largest absolute Gasteiger partial charge is 0.501 e. The second-order valence-electron chi connectivity index (χ2n) is 6.92. The van der Waals surface area contributed by atoms with Crippen LogP contribution >= 0.6 is 0 Å².